The molecule has 192 valence electrons. The fourth-order valence-electron chi connectivity index (χ4n) is 5.36. The molecule has 0 aromatic carbocycles. The molecule has 5 rings (SSSR count). The van der Waals surface area contributed by atoms with E-state index in [1.54, 1.807) is 6.20 Å². The van der Waals surface area contributed by atoms with E-state index in [1.165, 1.54) is 0 Å². The van der Waals surface area contributed by atoms with Gasteiger partial charge in [0.05, 0.1) is 28.8 Å². The number of anilines is 2. The van der Waals surface area contributed by atoms with Crippen LogP contribution in [0.1, 0.15) is 44.9 Å². The smallest absolute Gasteiger partial charge is 0.126 e. The van der Waals surface area contributed by atoms with Crippen molar-refractivity contribution in [3.05, 3.63) is 35.5 Å². The van der Waals surface area contributed by atoms with Crippen LogP contribution in [-0.4, -0.2) is 61.1 Å². The second kappa shape index (κ2) is 11.7. The number of nitriles is 1. The summed E-state index contributed by atoms with van der Waals surface area (Å²) in [5.74, 6) is 1.55. The summed E-state index contributed by atoms with van der Waals surface area (Å²) in [7, 11) is 0. The lowest BCUT2D eigenvalue weighted by Crippen LogP contribution is -2.42. The molecule has 2 aromatic rings. The lowest BCUT2D eigenvalue weighted by molar-refractivity contribution is 0.0455. The Labute approximate surface area is 218 Å². The molecule has 0 spiro atoms. The van der Waals surface area contributed by atoms with Crippen LogP contribution in [0.2, 0.25) is 5.02 Å². The van der Waals surface area contributed by atoms with Gasteiger partial charge in [-0.1, -0.05) is 17.7 Å². The van der Waals surface area contributed by atoms with Crippen LogP contribution < -0.4 is 16.0 Å². The van der Waals surface area contributed by atoms with E-state index in [-0.39, 0.29) is 0 Å². The number of hydrogen-bond acceptors (Lipinski definition) is 8. The van der Waals surface area contributed by atoms with Crippen molar-refractivity contribution in [1.82, 2.24) is 15.3 Å². The molecule has 36 heavy (non-hydrogen) atoms. The molecule has 3 aliphatic rings. The molecule has 2 saturated heterocycles. The van der Waals surface area contributed by atoms with Crippen LogP contribution in [0.25, 0.3) is 11.3 Å². The van der Waals surface area contributed by atoms with Crippen LogP contribution in [0.15, 0.2) is 30.5 Å². The maximum absolute atomic E-state index is 9.73. The third-order valence-electron chi connectivity index (χ3n) is 7.66. The van der Waals surface area contributed by atoms with E-state index in [1.807, 2.05) is 24.3 Å². The van der Waals surface area contributed by atoms with Crippen LogP contribution in [0.5, 0.6) is 0 Å². The molecule has 9 heteroatoms. The maximum Gasteiger partial charge on any atom is 0.126 e. The first kappa shape index (κ1) is 25.2. The summed E-state index contributed by atoms with van der Waals surface area (Å²) in [5.41, 5.74) is 1.20. The van der Waals surface area contributed by atoms with Gasteiger partial charge in [-0.3, -0.25) is 0 Å². The van der Waals surface area contributed by atoms with Crippen molar-refractivity contribution in [3.8, 4) is 17.3 Å². The van der Waals surface area contributed by atoms with Crippen molar-refractivity contribution < 1.29 is 9.47 Å². The highest BCUT2D eigenvalue weighted by Crippen LogP contribution is 2.32. The molecule has 1 atom stereocenters. The fraction of sp³-hybridized carbons (Fsp3) is 0.593. The molecule has 0 amide bonds. The summed E-state index contributed by atoms with van der Waals surface area (Å²) in [6.07, 6.45) is 8.79. The van der Waals surface area contributed by atoms with Crippen molar-refractivity contribution in [3.63, 3.8) is 0 Å². The molecule has 8 nitrogen and oxygen atoms in total. The highest BCUT2D eigenvalue weighted by atomic mass is 35.5. The van der Waals surface area contributed by atoms with E-state index in [2.05, 4.69) is 27.0 Å². The summed E-state index contributed by atoms with van der Waals surface area (Å²) in [6.45, 7) is 3.51. The van der Waals surface area contributed by atoms with Gasteiger partial charge in [0.2, 0.25) is 0 Å². The SMILES string of the molecule is N#CC1(CNc2cccc(-c3cc(NC4CCC(NC5CCOC5)CC4)ncc3Cl)n2)CCOCC1. The van der Waals surface area contributed by atoms with E-state index in [0.717, 1.165) is 81.1 Å². The largest absolute Gasteiger partial charge is 0.381 e. The van der Waals surface area contributed by atoms with Crippen molar-refractivity contribution >= 4 is 23.2 Å². The number of nitrogens with one attached hydrogen (secondary N) is 3. The average Bonchev–Trinajstić information content (AvgIpc) is 3.43. The number of aromatic nitrogens is 2. The molecule has 3 N–H and O–H groups in total. The molecule has 1 saturated carbocycles. The Morgan fingerprint density at radius 1 is 1.00 bits per heavy atom. The van der Waals surface area contributed by atoms with Crippen molar-refractivity contribution in [2.24, 2.45) is 5.41 Å². The predicted molar refractivity (Wildman–Crippen MR) is 141 cm³/mol. The Bertz CT molecular complexity index is 1060. The molecule has 4 heterocycles. The molecule has 1 aliphatic carbocycles. The molecule has 2 aliphatic heterocycles. The van der Waals surface area contributed by atoms with Gasteiger partial charge in [-0.15, -0.1) is 0 Å². The number of nitrogens with zero attached hydrogens (tertiary/aromatic N) is 3. The van der Waals surface area contributed by atoms with E-state index in [0.29, 0.717) is 42.9 Å². The highest BCUT2D eigenvalue weighted by molar-refractivity contribution is 6.33. The molecule has 0 radical (unpaired) electrons. The first-order valence-corrected chi connectivity index (χ1v) is 13.5. The predicted octanol–water partition coefficient (Wildman–Crippen LogP) is 4.63. The first-order chi connectivity index (χ1) is 17.6. The summed E-state index contributed by atoms with van der Waals surface area (Å²) in [5, 5.41) is 21.0. The van der Waals surface area contributed by atoms with E-state index in [9.17, 15) is 5.26 Å². The topological polar surface area (TPSA) is 104 Å². The molecular weight excluding hydrogens is 476 g/mol. The minimum absolute atomic E-state index is 0.395. The minimum Gasteiger partial charge on any atom is -0.381 e. The van der Waals surface area contributed by atoms with Gasteiger partial charge in [0, 0.05) is 56.3 Å². The quantitative estimate of drug-likeness (QED) is 0.472. The fourth-order valence-corrected chi connectivity index (χ4v) is 5.56. The van der Waals surface area contributed by atoms with Crippen LogP contribution in [0.3, 0.4) is 0 Å². The third-order valence-corrected chi connectivity index (χ3v) is 7.96. The zero-order valence-corrected chi connectivity index (χ0v) is 21.4. The van der Waals surface area contributed by atoms with Crippen LogP contribution >= 0.6 is 11.6 Å². The second-order valence-corrected chi connectivity index (χ2v) is 10.6. The number of hydrogen-bond donors (Lipinski definition) is 3. The van der Waals surface area contributed by atoms with Crippen LogP contribution in [0, 0.1) is 16.7 Å². The number of halogens is 1. The van der Waals surface area contributed by atoms with Gasteiger partial charge in [-0.25, -0.2) is 9.97 Å². The van der Waals surface area contributed by atoms with Gasteiger partial charge in [0.25, 0.3) is 0 Å². The number of rotatable bonds is 8. The Balaban J connectivity index is 1.20. The van der Waals surface area contributed by atoms with Crippen LogP contribution in [0.4, 0.5) is 11.6 Å². The monoisotopic (exact) mass is 510 g/mol. The zero-order valence-electron chi connectivity index (χ0n) is 20.6. The van der Waals surface area contributed by atoms with Gasteiger partial charge in [0.1, 0.15) is 11.6 Å². The Morgan fingerprint density at radius 3 is 2.56 bits per heavy atom. The Hall–Kier alpha value is -2.44. The zero-order chi connectivity index (χ0) is 24.8. The third kappa shape index (κ3) is 6.27. The van der Waals surface area contributed by atoms with Crippen molar-refractivity contribution in [2.45, 2.75) is 63.1 Å². The molecule has 0 bridgehead atoms. The summed E-state index contributed by atoms with van der Waals surface area (Å²) in [4.78, 5) is 9.32. The minimum atomic E-state index is -0.416. The summed E-state index contributed by atoms with van der Waals surface area (Å²) >= 11 is 6.54. The Morgan fingerprint density at radius 2 is 1.81 bits per heavy atom. The summed E-state index contributed by atoms with van der Waals surface area (Å²) < 4.78 is 10.9. The highest BCUT2D eigenvalue weighted by Gasteiger charge is 2.32. The number of ether oxygens (including phenoxy) is 2. The standard InChI is InChI=1S/C27H35ClN6O2/c28-23-15-30-26(33-20-6-4-19(5-7-20)32-21-8-11-36-16-21)14-22(23)24-2-1-3-25(34-24)31-18-27(17-29)9-12-35-13-10-27/h1-3,14-15,19-21,32H,4-13,16,18H2,(H,30,33)(H,31,34). The maximum atomic E-state index is 9.73. The molecule has 1 unspecified atom stereocenters. The van der Waals surface area contributed by atoms with Crippen molar-refractivity contribution in [2.75, 3.05) is 43.6 Å². The molecule has 2 aromatic heterocycles. The molecular formula is C27H35ClN6O2. The number of pyridine rings is 2. The lowest BCUT2D eigenvalue weighted by Gasteiger charge is -2.31. The van der Waals surface area contributed by atoms with Crippen LogP contribution in [-0.2, 0) is 9.47 Å². The van der Waals surface area contributed by atoms with Gasteiger partial charge >= 0.3 is 0 Å². The second-order valence-electron chi connectivity index (χ2n) is 10.2. The van der Waals surface area contributed by atoms with Gasteiger partial charge in [-0.05, 0) is 63.1 Å². The van der Waals surface area contributed by atoms with Gasteiger partial charge in [0.15, 0.2) is 0 Å². The Kier molecular flexibility index (Phi) is 8.22. The van der Waals surface area contributed by atoms with Gasteiger partial charge in [-0.2, -0.15) is 5.26 Å². The van der Waals surface area contributed by atoms with E-state index < -0.39 is 5.41 Å². The van der Waals surface area contributed by atoms with Crippen molar-refractivity contribution in [1.29, 1.82) is 5.26 Å². The average molecular weight is 511 g/mol. The van der Waals surface area contributed by atoms with Gasteiger partial charge < -0.3 is 25.4 Å². The van der Waals surface area contributed by atoms with E-state index >= 15 is 0 Å². The van der Waals surface area contributed by atoms with E-state index in [4.69, 9.17) is 26.1 Å². The first-order valence-electron chi connectivity index (χ1n) is 13.1. The normalized spacial score (nSPS) is 25.7. The lowest BCUT2D eigenvalue weighted by atomic mass is 9.82. The summed E-state index contributed by atoms with van der Waals surface area (Å²) in [6, 6.07) is 11.8. The molecule has 3 fully saturated rings.